The smallest absolute Gasteiger partial charge is 0.427 e. The van der Waals surface area contributed by atoms with Gasteiger partial charge in [0.25, 0.3) is 5.91 Å². The van der Waals surface area contributed by atoms with Gasteiger partial charge in [-0.15, -0.1) is 0 Å². The molecule has 0 bridgehead atoms. The Bertz CT molecular complexity index is 1710. The van der Waals surface area contributed by atoms with Gasteiger partial charge in [-0.3, -0.25) is 33.6 Å². The van der Waals surface area contributed by atoms with E-state index in [4.69, 9.17) is 11.5 Å². The number of carbonyl (C=O) groups is 7. The van der Waals surface area contributed by atoms with Crippen molar-refractivity contribution in [3.05, 3.63) is 59.7 Å². The van der Waals surface area contributed by atoms with E-state index < -0.39 is 72.8 Å². The molecule has 5 amide bonds. The number of ketones is 2. The lowest BCUT2D eigenvalue weighted by atomic mass is 9.71. The number of nitrogens with one attached hydrogen (secondary N) is 3. The van der Waals surface area contributed by atoms with Crippen molar-refractivity contribution < 1.29 is 43.6 Å². The fraction of sp³-hybridized carbons (Fsp3) is 0.548. The molecule has 2 aromatic carbocycles. The number of rotatable bonds is 25. The molecule has 0 spiro atoms. The van der Waals surface area contributed by atoms with E-state index in [0.717, 1.165) is 30.4 Å². The maximum absolute atomic E-state index is 13.9. The van der Waals surface area contributed by atoms with Crippen LogP contribution in [0.15, 0.2) is 48.5 Å². The van der Waals surface area contributed by atoms with Gasteiger partial charge in [-0.1, -0.05) is 63.6 Å². The highest BCUT2D eigenvalue weighted by Gasteiger charge is 2.38. The van der Waals surface area contributed by atoms with Crippen LogP contribution in [0.4, 0.5) is 0 Å². The number of nitrogens with zero attached hydrogens (tertiary/aromatic N) is 1. The minimum Gasteiger partial charge on any atom is -0.427 e. The van der Waals surface area contributed by atoms with Gasteiger partial charge < -0.3 is 42.4 Å². The molecule has 16 heteroatoms. The number of hydrogen-bond donors (Lipinski definition) is 7. The topological polar surface area (TPSA) is 251 Å². The number of aryl methyl sites for hydroxylation is 1. The predicted octanol–water partition coefficient (Wildman–Crippen LogP) is 2.20. The third-order valence-electron chi connectivity index (χ3n) is 10.5. The predicted molar refractivity (Wildman–Crippen MR) is 221 cm³/mol. The second kappa shape index (κ2) is 24.1. The summed E-state index contributed by atoms with van der Waals surface area (Å²) >= 11 is 0. The van der Waals surface area contributed by atoms with Gasteiger partial charge in [-0.05, 0) is 86.1 Å². The Hall–Kier alpha value is -4.93. The molecule has 316 valence electrons. The summed E-state index contributed by atoms with van der Waals surface area (Å²) in [7, 11) is -1.78. The van der Waals surface area contributed by atoms with Crippen LogP contribution in [0.1, 0.15) is 107 Å². The average molecular weight is 805 g/mol. The van der Waals surface area contributed by atoms with E-state index in [1.165, 1.54) is 24.3 Å². The molecule has 0 aromatic heterocycles. The lowest BCUT2D eigenvalue weighted by Crippen LogP contribution is -2.52. The molecule has 3 rings (SSSR count). The van der Waals surface area contributed by atoms with Crippen molar-refractivity contribution in [3.8, 4) is 11.1 Å². The van der Waals surface area contributed by atoms with Gasteiger partial charge in [-0.25, -0.2) is 0 Å². The zero-order chi connectivity index (χ0) is 42.8. The van der Waals surface area contributed by atoms with Crippen LogP contribution in [0.3, 0.4) is 0 Å². The first-order valence-electron chi connectivity index (χ1n) is 20.4. The number of amides is 5. The van der Waals surface area contributed by atoms with Crippen LogP contribution < -0.4 is 27.4 Å². The molecule has 1 aliphatic rings. The van der Waals surface area contributed by atoms with Gasteiger partial charge >= 0.3 is 7.12 Å². The van der Waals surface area contributed by atoms with Gasteiger partial charge in [0.2, 0.25) is 23.6 Å². The van der Waals surface area contributed by atoms with Gasteiger partial charge in [0.1, 0.15) is 6.04 Å². The maximum atomic E-state index is 13.9. The monoisotopic (exact) mass is 804 g/mol. The van der Waals surface area contributed by atoms with E-state index in [1.807, 2.05) is 12.1 Å². The zero-order valence-electron chi connectivity index (χ0n) is 34.0. The molecule has 1 heterocycles. The van der Waals surface area contributed by atoms with E-state index in [0.29, 0.717) is 44.2 Å². The first-order chi connectivity index (χ1) is 27.6. The quantitative estimate of drug-likeness (QED) is 0.0569. The second-order valence-corrected chi connectivity index (χ2v) is 15.3. The Morgan fingerprint density at radius 2 is 1.52 bits per heavy atom. The van der Waals surface area contributed by atoms with Crippen molar-refractivity contribution in [1.82, 2.24) is 20.9 Å². The number of Topliss-reactive ketones (excluding diaryl/α,β-unsaturated/α-hetero) is 2. The number of unbranched alkanes of at least 4 members (excludes halogenated alkanes) is 2. The summed E-state index contributed by atoms with van der Waals surface area (Å²) in [5.41, 5.74) is 14.7. The number of primary amides is 1. The van der Waals surface area contributed by atoms with Gasteiger partial charge in [0, 0.05) is 43.8 Å². The fourth-order valence-electron chi connectivity index (χ4n) is 6.89. The Kier molecular flexibility index (Phi) is 19.7. The number of nitrogens with two attached hydrogens (primary N) is 2. The molecule has 0 saturated carbocycles. The van der Waals surface area contributed by atoms with Crippen molar-refractivity contribution in [2.24, 2.45) is 17.4 Å². The first-order valence-corrected chi connectivity index (χ1v) is 20.4. The molecule has 0 unspecified atom stereocenters. The Balaban J connectivity index is 1.56. The molecular formula is C42H61BN6O9. The van der Waals surface area contributed by atoms with E-state index in [-0.39, 0.29) is 44.0 Å². The van der Waals surface area contributed by atoms with E-state index in [2.05, 4.69) is 47.1 Å². The van der Waals surface area contributed by atoms with Crippen molar-refractivity contribution in [3.63, 3.8) is 0 Å². The van der Waals surface area contributed by atoms with Crippen molar-refractivity contribution >= 4 is 48.2 Å². The minimum atomic E-state index is -1.78. The second-order valence-electron chi connectivity index (χ2n) is 15.3. The minimum absolute atomic E-state index is 0.0361. The van der Waals surface area contributed by atoms with Crippen LogP contribution in [-0.2, 0) is 35.2 Å². The van der Waals surface area contributed by atoms with Crippen LogP contribution in [0, 0.1) is 5.92 Å². The Labute approximate surface area is 341 Å². The summed E-state index contributed by atoms with van der Waals surface area (Å²) in [5, 5.41) is 26.7. The van der Waals surface area contributed by atoms with Crippen molar-refractivity contribution in [2.45, 2.75) is 122 Å². The van der Waals surface area contributed by atoms with Gasteiger partial charge in [-0.2, -0.15) is 0 Å². The molecule has 1 saturated heterocycles. The largest absolute Gasteiger partial charge is 0.454 e. The molecule has 9 N–H and O–H groups in total. The summed E-state index contributed by atoms with van der Waals surface area (Å²) < 4.78 is 0. The molecule has 1 fully saturated rings. The van der Waals surface area contributed by atoms with E-state index >= 15 is 0 Å². The lowest BCUT2D eigenvalue weighted by Gasteiger charge is -2.29. The number of hydrogen-bond acceptors (Lipinski definition) is 10. The normalized spacial score (nSPS) is 15.8. The zero-order valence-corrected chi connectivity index (χ0v) is 34.0. The SMILES string of the molecule is CCCCc1ccc(-c2ccc(C(=O)NCCC(=O)N[C@@H](CCCCN)C(=O)N3CCC[C@H]3C(=O)C[C@@H](C)C(=O)N[C@@H](CC(N)=O)C(=O)C[C@@H](C)B(O)O)cc2)cc1. The third kappa shape index (κ3) is 15.1. The molecule has 5 atom stereocenters. The lowest BCUT2D eigenvalue weighted by molar-refractivity contribution is -0.141. The molecular weight excluding hydrogens is 743 g/mol. The maximum Gasteiger partial charge on any atom is 0.454 e. The number of likely N-dealkylation sites (tertiary alicyclic amines) is 1. The molecule has 15 nitrogen and oxygen atoms in total. The highest BCUT2D eigenvalue weighted by molar-refractivity contribution is 6.43. The number of carbonyl (C=O) groups excluding carboxylic acids is 7. The molecule has 0 aliphatic carbocycles. The standard InChI is InChI=1S/C42H61BN6O9/c1-4-5-9-29-12-14-30(15-13-29)31-16-18-32(19-17-31)41(55)46-22-20-39(53)47-33(10-6-7-21-44)42(56)49-23-8-11-35(49)37(51)24-27(2)40(54)48-34(26-38(45)52)36(50)25-28(3)43(57)58/h12-19,27-28,33-35,57-58H,4-11,20-26,44H2,1-3H3,(H2,45,52)(H,46,55)(H,47,53)(H,48,54)/t27-,28-,33+,34+,35+/m1/s1. The Morgan fingerprint density at radius 1 is 0.862 bits per heavy atom. The highest BCUT2D eigenvalue weighted by Crippen LogP contribution is 2.24. The highest BCUT2D eigenvalue weighted by atomic mass is 16.4. The molecule has 58 heavy (non-hydrogen) atoms. The van der Waals surface area contributed by atoms with Crippen molar-refractivity contribution in [2.75, 3.05) is 19.6 Å². The molecule has 1 aliphatic heterocycles. The van der Waals surface area contributed by atoms with Crippen LogP contribution >= 0.6 is 0 Å². The summed E-state index contributed by atoms with van der Waals surface area (Å²) in [6.45, 7) is 5.78. The van der Waals surface area contributed by atoms with Gasteiger partial charge in [0.15, 0.2) is 11.6 Å². The van der Waals surface area contributed by atoms with Crippen molar-refractivity contribution in [1.29, 1.82) is 0 Å². The van der Waals surface area contributed by atoms with Crippen LogP contribution in [0.2, 0.25) is 5.82 Å². The summed E-state index contributed by atoms with van der Waals surface area (Å²) in [6, 6.07) is 12.6. The molecule has 2 aromatic rings. The van der Waals surface area contributed by atoms with Crippen LogP contribution in [0.25, 0.3) is 11.1 Å². The summed E-state index contributed by atoms with van der Waals surface area (Å²) in [5.74, 6) is -5.51. The first kappa shape index (κ1) is 47.5. The van der Waals surface area contributed by atoms with E-state index in [1.54, 1.807) is 12.1 Å². The van der Waals surface area contributed by atoms with E-state index in [9.17, 15) is 43.6 Å². The third-order valence-corrected chi connectivity index (χ3v) is 10.5. The van der Waals surface area contributed by atoms with Crippen LogP contribution in [-0.4, -0.2) is 101 Å². The molecule has 0 radical (unpaired) electrons. The van der Waals surface area contributed by atoms with Crippen LogP contribution in [0.5, 0.6) is 0 Å². The summed E-state index contributed by atoms with van der Waals surface area (Å²) in [6.07, 6.45) is 4.51. The average Bonchev–Trinajstić information content (AvgIpc) is 3.69. The Morgan fingerprint density at radius 3 is 2.12 bits per heavy atom. The fourth-order valence-corrected chi connectivity index (χ4v) is 6.89. The summed E-state index contributed by atoms with van der Waals surface area (Å²) in [4.78, 5) is 92.3. The van der Waals surface area contributed by atoms with Gasteiger partial charge in [0.05, 0.1) is 18.5 Å². The number of benzene rings is 2.